The fourth-order valence-electron chi connectivity index (χ4n) is 2.79. The summed E-state index contributed by atoms with van der Waals surface area (Å²) < 4.78 is 5.42. The third-order valence-corrected chi connectivity index (χ3v) is 3.94. The van der Waals surface area contributed by atoms with Gasteiger partial charge in [0.25, 0.3) is 0 Å². The highest BCUT2D eigenvalue weighted by Crippen LogP contribution is 2.27. The molecule has 23 heavy (non-hydrogen) atoms. The number of nitrogens with zero attached hydrogens (tertiary/aromatic N) is 3. The molecule has 1 aliphatic rings. The lowest BCUT2D eigenvalue weighted by Crippen LogP contribution is -2.37. The van der Waals surface area contributed by atoms with Crippen molar-refractivity contribution >= 4 is 28.5 Å². The molecule has 1 fully saturated rings. The molecule has 0 unspecified atom stereocenters. The molecular weight excluding hydrogens is 290 g/mol. The van der Waals surface area contributed by atoms with Crippen LogP contribution >= 0.6 is 0 Å². The molecule has 6 nitrogen and oxygen atoms in total. The van der Waals surface area contributed by atoms with Crippen molar-refractivity contribution in [2.24, 2.45) is 0 Å². The van der Waals surface area contributed by atoms with Gasteiger partial charge in [0, 0.05) is 24.5 Å². The molecule has 3 heterocycles. The van der Waals surface area contributed by atoms with E-state index in [0.717, 1.165) is 47.3 Å². The molecule has 0 saturated carbocycles. The van der Waals surface area contributed by atoms with Gasteiger partial charge in [-0.25, -0.2) is 0 Å². The van der Waals surface area contributed by atoms with Crippen molar-refractivity contribution < 1.29 is 4.74 Å². The van der Waals surface area contributed by atoms with Gasteiger partial charge >= 0.3 is 0 Å². The highest BCUT2D eigenvalue weighted by atomic mass is 16.5. The van der Waals surface area contributed by atoms with Gasteiger partial charge in [0.2, 0.25) is 5.95 Å². The minimum atomic E-state index is 0.715. The lowest BCUT2D eigenvalue weighted by atomic mass is 10.3. The number of nitrogens with one attached hydrogen (secondary N) is 2. The number of para-hydroxylation sites is 1. The number of fused-ring (bicyclic) bond motifs is 1. The van der Waals surface area contributed by atoms with Crippen molar-refractivity contribution in [3.63, 3.8) is 0 Å². The Morgan fingerprint density at radius 2 is 1.91 bits per heavy atom. The van der Waals surface area contributed by atoms with E-state index in [1.807, 2.05) is 37.3 Å². The summed E-state index contributed by atoms with van der Waals surface area (Å²) in [6.45, 7) is 5.09. The summed E-state index contributed by atoms with van der Waals surface area (Å²) in [5, 5.41) is 4.41. The number of aryl methyl sites for hydroxylation is 1. The number of aromatic nitrogens is 3. The maximum absolute atomic E-state index is 5.42. The number of ether oxygens (including phenoxy) is 1. The molecule has 6 heteroatoms. The molecule has 1 aromatic carbocycles. The maximum Gasteiger partial charge on any atom is 0.229 e. The molecule has 2 N–H and O–H groups in total. The van der Waals surface area contributed by atoms with Gasteiger partial charge in [-0.3, -0.25) is 0 Å². The van der Waals surface area contributed by atoms with Crippen LogP contribution in [0.2, 0.25) is 0 Å². The number of hydrogen-bond donors (Lipinski definition) is 2. The van der Waals surface area contributed by atoms with Crippen molar-refractivity contribution in [1.29, 1.82) is 0 Å². The van der Waals surface area contributed by atoms with Gasteiger partial charge in [-0.15, -0.1) is 0 Å². The van der Waals surface area contributed by atoms with Gasteiger partial charge < -0.3 is 19.9 Å². The Kier molecular flexibility index (Phi) is 3.59. The fourth-order valence-corrected chi connectivity index (χ4v) is 2.79. The summed E-state index contributed by atoms with van der Waals surface area (Å²) in [5.41, 5.74) is 2.95. The lowest BCUT2D eigenvalue weighted by molar-refractivity contribution is 0.122. The molecule has 1 aliphatic heterocycles. The van der Waals surface area contributed by atoms with Crippen LogP contribution in [0.3, 0.4) is 0 Å². The predicted molar refractivity (Wildman–Crippen MR) is 91.4 cm³/mol. The van der Waals surface area contributed by atoms with E-state index in [1.165, 1.54) is 0 Å². The Hall–Kier alpha value is -2.60. The maximum atomic E-state index is 5.42. The second-order valence-corrected chi connectivity index (χ2v) is 5.68. The Balaban J connectivity index is 1.77. The molecule has 2 aromatic heterocycles. The van der Waals surface area contributed by atoms with Crippen molar-refractivity contribution in [3.05, 3.63) is 42.1 Å². The van der Waals surface area contributed by atoms with E-state index in [0.29, 0.717) is 13.2 Å². The molecule has 0 amide bonds. The number of morpholine rings is 1. The summed E-state index contributed by atoms with van der Waals surface area (Å²) in [7, 11) is 0. The van der Waals surface area contributed by atoms with E-state index in [4.69, 9.17) is 9.72 Å². The van der Waals surface area contributed by atoms with E-state index in [-0.39, 0.29) is 0 Å². The minimum absolute atomic E-state index is 0.715. The van der Waals surface area contributed by atoms with Crippen molar-refractivity contribution in [2.45, 2.75) is 6.92 Å². The molecule has 0 spiro atoms. The number of anilines is 3. The van der Waals surface area contributed by atoms with E-state index >= 15 is 0 Å². The number of rotatable bonds is 3. The van der Waals surface area contributed by atoms with Gasteiger partial charge in [-0.1, -0.05) is 18.2 Å². The second-order valence-electron chi connectivity index (χ2n) is 5.68. The average molecular weight is 309 g/mol. The molecule has 118 valence electrons. The molecule has 0 aliphatic carbocycles. The van der Waals surface area contributed by atoms with Crippen molar-refractivity contribution in [3.8, 4) is 0 Å². The molecule has 0 radical (unpaired) electrons. The second kappa shape index (κ2) is 5.89. The SMILES string of the molecule is Cc1cc2c(Nc3ccccc3)nc(N3CCOCC3)nc2[nH]1. The highest BCUT2D eigenvalue weighted by Gasteiger charge is 2.17. The van der Waals surface area contributed by atoms with E-state index in [2.05, 4.69) is 26.3 Å². The minimum Gasteiger partial charge on any atom is -0.378 e. The lowest BCUT2D eigenvalue weighted by Gasteiger charge is -2.27. The molecule has 0 bridgehead atoms. The first kappa shape index (κ1) is 14.0. The summed E-state index contributed by atoms with van der Waals surface area (Å²) in [4.78, 5) is 14.9. The van der Waals surface area contributed by atoms with E-state index in [9.17, 15) is 0 Å². The summed E-state index contributed by atoms with van der Waals surface area (Å²) in [6, 6.07) is 12.1. The Labute approximate surface area is 134 Å². The van der Waals surface area contributed by atoms with Crippen LogP contribution in [0, 0.1) is 6.92 Å². The first-order chi connectivity index (χ1) is 11.3. The van der Waals surface area contributed by atoms with Crippen LogP contribution in [0.25, 0.3) is 11.0 Å². The highest BCUT2D eigenvalue weighted by molar-refractivity contribution is 5.90. The van der Waals surface area contributed by atoms with Crippen LogP contribution < -0.4 is 10.2 Å². The number of hydrogen-bond acceptors (Lipinski definition) is 5. The van der Waals surface area contributed by atoms with E-state index < -0.39 is 0 Å². The zero-order valence-corrected chi connectivity index (χ0v) is 13.0. The van der Waals surface area contributed by atoms with Crippen LogP contribution in [0.4, 0.5) is 17.5 Å². The van der Waals surface area contributed by atoms with Crippen LogP contribution in [0.5, 0.6) is 0 Å². The fraction of sp³-hybridized carbons (Fsp3) is 0.294. The molecule has 3 aromatic rings. The zero-order valence-electron chi connectivity index (χ0n) is 13.0. The van der Waals surface area contributed by atoms with E-state index in [1.54, 1.807) is 0 Å². The summed E-state index contributed by atoms with van der Waals surface area (Å²) >= 11 is 0. The smallest absolute Gasteiger partial charge is 0.229 e. The van der Waals surface area contributed by atoms with Crippen molar-refractivity contribution in [1.82, 2.24) is 15.0 Å². The monoisotopic (exact) mass is 309 g/mol. The first-order valence-corrected chi connectivity index (χ1v) is 7.82. The third kappa shape index (κ3) is 2.85. The number of benzene rings is 1. The van der Waals surface area contributed by atoms with Crippen LogP contribution in [0.1, 0.15) is 5.69 Å². The number of H-pyrrole nitrogens is 1. The summed E-state index contributed by atoms with van der Waals surface area (Å²) in [6.07, 6.45) is 0. The molecule has 4 rings (SSSR count). The molecule has 0 atom stereocenters. The van der Waals surface area contributed by atoms with Gasteiger partial charge in [0.05, 0.1) is 18.6 Å². The molecular formula is C17H19N5O. The number of aromatic amines is 1. The summed E-state index contributed by atoms with van der Waals surface area (Å²) in [5.74, 6) is 1.56. The van der Waals surface area contributed by atoms with Gasteiger partial charge in [-0.2, -0.15) is 9.97 Å². The van der Waals surface area contributed by atoms with Crippen molar-refractivity contribution in [2.75, 3.05) is 36.5 Å². The van der Waals surface area contributed by atoms with Gasteiger partial charge in [-0.05, 0) is 25.1 Å². The quantitative estimate of drug-likeness (QED) is 0.779. The Morgan fingerprint density at radius 1 is 1.13 bits per heavy atom. The zero-order chi connectivity index (χ0) is 15.6. The largest absolute Gasteiger partial charge is 0.378 e. The third-order valence-electron chi connectivity index (χ3n) is 3.94. The Morgan fingerprint density at radius 3 is 2.70 bits per heavy atom. The molecule has 1 saturated heterocycles. The predicted octanol–water partition coefficient (Wildman–Crippen LogP) is 2.85. The topological polar surface area (TPSA) is 66.1 Å². The average Bonchev–Trinajstić information content (AvgIpc) is 2.97. The van der Waals surface area contributed by atoms with Gasteiger partial charge in [0.1, 0.15) is 11.5 Å². The van der Waals surface area contributed by atoms with Crippen LogP contribution in [-0.4, -0.2) is 41.3 Å². The standard InChI is InChI=1S/C17H19N5O/c1-12-11-14-15(18-12)20-17(22-7-9-23-10-8-22)21-16(14)19-13-5-3-2-4-6-13/h2-6,11H,7-10H2,1H3,(H2,18,19,20,21). The Bertz CT molecular complexity index is 808. The van der Waals surface area contributed by atoms with Gasteiger partial charge in [0.15, 0.2) is 0 Å². The van der Waals surface area contributed by atoms with Crippen LogP contribution in [-0.2, 0) is 4.74 Å². The normalized spacial score (nSPS) is 15.1. The first-order valence-electron chi connectivity index (χ1n) is 7.82. The van der Waals surface area contributed by atoms with Crippen LogP contribution in [0.15, 0.2) is 36.4 Å².